The molecule has 0 saturated carbocycles. The van der Waals surface area contributed by atoms with E-state index in [-0.39, 0.29) is 29.9 Å². The molecule has 0 aliphatic carbocycles. The average molecular weight is 468 g/mol. The predicted octanol–water partition coefficient (Wildman–Crippen LogP) is 3.28. The lowest BCUT2D eigenvalue weighted by atomic mass is 10.1. The van der Waals surface area contributed by atoms with Crippen molar-refractivity contribution in [1.29, 1.82) is 0 Å². The molecule has 7 heteroatoms. The van der Waals surface area contributed by atoms with Gasteiger partial charge in [-0.15, -0.1) is 24.0 Å². The van der Waals surface area contributed by atoms with Crippen molar-refractivity contribution in [2.45, 2.75) is 32.4 Å². The maximum absolute atomic E-state index is 12.0. The van der Waals surface area contributed by atoms with E-state index in [1.54, 1.807) is 13.3 Å². The Morgan fingerprint density at radius 3 is 2.58 bits per heavy atom. The third-order valence-electron chi connectivity index (χ3n) is 4.27. The van der Waals surface area contributed by atoms with Crippen molar-refractivity contribution in [1.82, 2.24) is 10.6 Å². The fourth-order valence-electron chi connectivity index (χ4n) is 2.86. The van der Waals surface area contributed by atoms with Gasteiger partial charge in [0, 0.05) is 32.2 Å². The zero-order valence-corrected chi connectivity index (χ0v) is 17.2. The first kappa shape index (κ1) is 20.3. The second kappa shape index (κ2) is 10.2. The SMILES string of the molecule is CN=C(NCc1ccc(N2CCCCC2=O)cc1)NCc1ccco1.I. The lowest BCUT2D eigenvalue weighted by molar-refractivity contribution is -0.119. The number of carbonyl (C=O) groups excluding carboxylic acids is 1. The van der Waals surface area contributed by atoms with Gasteiger partial charge in [0.15, 0.2) is 5.96 Å². The Balaban J connectivity index is 0.00000243. The molecule has 1 aliphatic heterocycles. The summed E-state index contributed by atoms with van der Waals surface area (Å²) < 4.78 is 5.29. The third-order valence-corrected chi connectivity index (χ3v) is 4.27. The van der Waals surface area contributed by atoms with Crippen LogP contribution < -0.4 is 15.5 Å². The molecule has 26 heavy (non-hydrogen) atoms. The molecule has 1 saturated heterocycles. The molecule has 1 aliphatic rings. The molecule has 0 spiro atoms. The van der Waals surface area contributed by atoms with Crippen LogP contribution in [0, 0.1) is 0 Å². The van der Waals surface area contributed by atoms with Crippen LogP contribution >= 0.6 is 24.0 Å². The summed E-state index contributed by atoms with van der Waals surface area (Å²) in [5, 5.41) is 6.48. The summed E-state index contributed by atoms with van der Waals surface area (Å²) in [7, 11) is 1.74. The number of piperidine rings is 1. The van der Waals surface area contributed by atoms with Crippen molar-refractivity contribution in [2.75, 3.05) is 18.5 Å². The highest BCUT2D eigenvalue weighted by molar-refractivity contribution is 14.0. The number of carbonyl (C=O) groups is 1. The molecule has 1 aromatic carbocycles. The van der Waals surface area contributed by atoms with Crippen LogP contribution in [0.25, 0.3) is 0 Å². The predicted molar refractivity (Wildman–Crippen MR) is 114 cm³/mol. The zero-order valence-electron chi connectivity index (χ0n) is 14.9. The minimum atomic E-state index is 0. The Morgan fingerprint density at radius 1 is 1.15 bits per heavy atom. The Kier molecular flexibility index (Phi) is 7.96. The molecule has 3 rings (SSSR count). The zero-order chi connectivity index (χ0) is 17.5. The summed E-state index contributed by atoms with van der Waals surface area (Å²) in [4.78, 5) is 18.1. The maximum atomic E-state index is 12.0. The molecule has 2 N–H and O–H groups in total. The van der Waals surface area contributed by atoms with Gasteiger partial charge in [0.25, 0.3) is 0 Å². The summed E-state index contributed by atoms with van der Waals surface area (Å²) in [5.41, 5.74) is 2.11. The second-order valence-corrected chi connectivity index (χ2v) is 6.03. The van der Waals surface area contributed by atoms with E-state index in [1.165, 1.54) is 0 Å². The lowest BCUT2D eigenvalue weighted by Crippen LogP contribution is -2.36. The standard InChI is InChI=1S/C19H24N4O2.HI/c1-20-19(22-14-17-5-4-12-25-17)21-13-15-7-9-16(10-8-15)23-11-3-2-6-18(23)24;/h4-5,7-10,12H,2-3,6,11,13-14H2,1H3,(H2,20,21,22);1H. The van der Waals surface area contributed by atoms with Crippen LogP contribution in [0.1, 0.15) is 30.6 Å². The quantitative estimate of drug-likeness (QED) is 0.402. The number of aliphatic imine (C=N–C) groups is 1. The number of nitrogens with zero attached hydrogens (tertiary/aromatic N) is 2. The van der Waals surface area contributed by atoms with Gasteiger partial charge in [-0.1, -0.05) is 12.1 Å². The topological polar surface area (TPSA) is 69.9 Å². The van der Waals surface area contributed by atoms with Crippen molar-refractivity contribution < 1.29 is 9.21 Å². The molecule has 140 valence electrons. The fraction of sp³-hybridized carbons (Fsp3) is 0.368. The number of hydrogen-bond acceptors (Lipinski definition) is 3. The summed E-state index contributed by atoms with van der Waals surface area (Å²) in [6, 6.07) is 11.9. The van der Waals surface area contributed by atoms with Gasteiger partial charge in [-0.2, -0.15) is 0 Å². The minimum Gasteiger partial charge on any atom is -0.467 e. The normalized spacial score (nSPS) is 14.7. The van der Waals surface area contributed by atoms with Crippen LogP contribution in [-0.2, 0) is 17.9 Å². The van der Waals surface area contributed by atoms with Crippen LogP contribution in [0.15, 0.2) is 52.1 Å². The smallest absolute Gasteiger partial charge is 0.226 e. The first-order chi connectivity index (χ1) is 12.3. The van der Waals surface area contributed by atoms with Crippen molar-refractivity contribution in [3.8, 4) is 0 Å². The van der Waals surface area contributed by atoms with E-state index >= 15 is 0 Å². The Hall–Kier alpha value is -2.03. The monoisotopic (exact) mass is 468 g/mol. The molecule has 0 unspecified atom stereocenters. The molecule has 2 heterocycles. The molecule has 0 bridgehead atoms. The molecular formula is C19H25IN4O2. The Labute approximate surface area is 171 Å². The number of benzene rings is 1. The number of nitrogens with one attached hydrogen (secondary N) is 2. The van der Waals surface area contributed by atoms with Crippen LogP contribution in [0.2, 0.25) is 0 Å². The van der Waals surface area contributed by atoms with Crippen molar-refractivity contribution >= 4 is 41.5 Å². The van der Waals surface area contributed by atoms with Crippen LogP contribution in [0.5, 0.6) is 0 Å². The van der Waals surface area contributed by atoms with Crippen molar-refractivity contribution in [3.63, 3.8) is 0 Å². The van der Waals surface area contributed by atoms with E-state index in [1.807, 2.05) is 41.3 Å². The molecule has 0 radical (unpaired) electrons. The van der Waals surface area contributed by atoms with Crippen LogP contribution in [0.4, 0.5) is 5.69 Å². The Morgan fingerprint density at radius 2 is 1.92 bits per heavy atom. The molecule has 1 fully saturated rings. The maximum Gasteiger partial charge on any atom is 0.226 e. The van der Waals surface area contributed by atoms with Gasteiger partial charge in [-0.25, -0.2) is 0 Å². The number of rotatable bonds is 5. The van der Waals surface area contributed by atoms with E-state index in [2.05, 4.69) is 15.6 Å². The highest BCUT2D eigenvalue weighted by Gasteiger charge is 2.19. The van der Waals surface area contributed by atoms with E-state index < -0.39 is 0 Å². The van der Waals surface area contributed by atoms with Gasteiger partial charge in [0.1, 0.15) is 5.76 Å². The highest BCUT2D eigenvalue weighted by atomic mass is 127. The summed E-state index contributed by atoms with van der Waals surface area (Å²) in [5.74, 6) is 1.80. The van der Waals surface area contributed by atoms with Gasteiger partial charge in [0.2, 0.25) is 5.91 Å². The number of amides is 1. The second-order valence-electron chi connectivity index (χ2n) is 6.03. The summed E-state index contributed by atoms with van der Waals surface area (Å²) >= 11 is 0. The van der Waals surface area contributed by atoms with Crippen LogP contribution in [-0.4, -0.2) is 25.5 Å². The van der Waals surface area contributed by atoms with Gasteiger partial charge >= 0.3 is 0 Å². The van der Waals surface area contributed by atoms with Crippen molar-refractivity contribution in [2.24, 2.45) is 4.99 Å². The highest BCUT2D eigenvalue weighted by Crippen LogP contribution is 2.21. The summed E-state index contributed by atoms with van der Waals surface area (Å²) in [6.07, 6.45) is 4.39. The molecule has 1 aromatic heterocycles. The largest absolute Gasteiger partial charge is 0.467 e. The number of hydrogen-bond donors (Lipinski definition) is 2. The lowest BCUT2D eigenvalue weighted by Gasteiger charge is -2.26. The first-order valence-corrected chi connectivity index (χ1v) is 8.62. The van der Waals surface area contributed by atoms with Gasteiger partial charge in [0.05, 0.1) is 12.8 Å². The number of anilines is 1. The fourth-order valence-corrected chi connectivity index (χ4v) is 2.86. The summed E-state index contributed by atoms with van der Waals surface area (Å²) in [6.45, 7) is 2.06. The van der Waals surface area contributed by atoms with E-state index in [0.717, 1.165) is 36.4 Å². The molecule has 2 aromatic rings. The van der Waals surface area contributed by atoms with E-state index in [4.69, 9.17) is 4.42 Å². The number of furan rings is 1. The van der Waals surface area contributed by atoms with Gasteiger partial charge in [-0.3, -0.25) is 9.79 Å². The minimum absolute atomic E-state index is 0. The molecule has 0 atom stereocenters. The third kappa shape index (κ3) is 5.48. The van der Waals surface area contributed by atoms with Gasteiger partial charge in [-0.05, 0) is 42.7 Å². The van der Waals surface area contributed by atoms with Crippen LogP contribution in [0.3, 0.4) is 0 Å². The van der Waals surface area contributed by atoms with Crippen molar-refractivity contribution in [3.05, 3.63) is 54.0 Å². The molecule has 6 nitrogen and oxygen atoms in total. The first-order valence-electron chi connectivity index (χ1n) is 8.62. The van der Waals surface area contributed by atoms with Gasteiger partial charge < -0.3 is 20.0 Å². The molecular weight excluding hydrogens is 443 g/mol. The molecule has 1 amide bonds. The van der Waals surface area contributed by atoms with E-state index in [0.29, 0.717) is 25.5 Å². The Bertz CT molecular complexity index is 714. The number of guanidine groups is 1. The average Bonchev–Trinajstić information content (AvgIpc) is 3.16. The number of halogens is 1. The van der Waals surface area contributed by atoms with E-state index in [9.17, 15) is 4.79 Å².